The number of nitrogens with one attached hydrogen (secondary N) is 1. The molecule has 1 aliphatic rings. The van der Waals surface area contributed by atoms with Crippen molar-refractivity contribution >= 4 is 12.4 Å². The third kappa shape index (κ3) is 4.68. The molecule has 1 N–H and O–H groups in total. The number of methoxy groups -OCH3 is 1. The van der Waals surface area contributed by atoms with Gasteiger partial charge in [-0.15, -0.1) is 25.6 Å². The van der Waals surface area contributed by atoms with E-state index in [0.717, 1.165) is 25.1 Å². The van der Waals surface area contributed by atoms with Gasteiger partial charge in [-0.2, -0.15) is 0 Å². The summed E-state index contributed by atoms with van der Waals surface area (Å²) in [6.07, 6.45) is -3.74. The van der Waals surface area contributed by atoms with Crippen LogP contribution in [0, 0.1) is 5.92 Å². The van der Waals surface area contributed by atoms with Crippen molar-refractivity contribution in [3.05, 3.63) is 23.8 Å². The van der Waals surface area contributed by atoms with Crippen LogP contribution in [0.5, 0.6) is 11.5 Å². The fourth-order valence-corrected chi connectivity index (χ4v) is 2.67. The molecule has 120 valence electrons. The first-order chi connectivity index (χ1) is 9.40. The van der Waals surface area contributed by atoms with Gasteiger partial charge in [0.2, 0.25) is 0 Å². The Labute approximate surface area is 128 Å². The van der Waals surface area contributed by atoms with E-state index in [0.29, 0.717) is 11.7 Å². The van der Waals surface area contributed by atoms with Gasteiger partial charge in [-0.1, -0.05) is 13.0 Å². The van der Waals surface area contributed by atoms with Crippen LogP contribution in [0.1, 0.15) is 24.8 Å². The Hall–Kier alpha value is -1.14. The highest BCUT2D eigenvalue weighted by Crippen LogP contribution is 2.38. The molecule has 1 saturated heterocycles. The zero-order valence-electron chi connectivity index (χ0n) is 11.9. The molecule has 1 heterocycles. The summed E-state index contributed by atoms with van der Waals surface area (Å²) >= 11 is 0. The summed E-state index contributed by atoms with van der Waals surface area (Å²) in [4.78, 5) is 0. The topological polar surface area (TPSA) is 30.5 Å². The van der Waals surface area contributed by atoms with Crippen LogP contribution >= 0.6 is 12.4 Å². The summed E-state index contributed by atoms with van der Waals surface area (Å²) in [5.41, 5.74) is 0.941. The molecule has 0 aromatic heterocycles. The molecular weight excluding hydrogens is 307 g/mol. The Balaban J connectivity index is 0.00000220. The normalized spacial score (nSPS) is 22.3. The summed E-state index contributed by atoms with van der Waals surface area (Å²) in [5.74, 6) is 0.892. The lowest BCUT2D eigenvalue weighted by Gasteiger charge is -2.31. The molecule has 1 aliphatic heterocycles. The van der Waals surface area contributed by atoms with Crippen molar-refractivity contribution in [2.45, 2.75) is 25.6 Å². The van der Waals surface area contributed by atoms with Crippen LogP contribution in [0.3, 0.4) is 0 Å². The molecule has 1 aromatic carbocycles. The SMILES string of the molecule is COc1cc(OC(F)(F)F)ccc1[C@H]1CCNC[C@H]1C.Cl. The third-order valence-corrected chi connectivity index (χ3v) is 3.62. The van der Waals surface area contributed by atoms with Gasteiger partial charge in [0.25, 0.3) is 0 Å². The van der Waals surface area contributed by atoms with Crippen LogP contribution in [0.25, 0.3) is 0 Å². The zero-order chi connectivity index (χ0) is 14.8. The average Bonchev–Trinajstić information content (AvgIpc) is 2.38. The Morgan fingerprint density at radius 2 is 2.00 bits per heavy atom. The van der Waals surface area contributed by atoms with E-state index >= 15 is 0 Å². The smallest absolute Gasteiger partial charge is 0.496 e. The molecule has 0 saturated carbocycles. The van der Waals surface area contributed by atoms with E-state index in [1.54, 1.807) is 6.07 Å². The number of halogens is 4. The molecule has 7 heteroatoms. The van der Waals surface area contributed by atoms with Gasteiger partial charge in [0.15, 0.2) is 0 Å². The Kier molecular flexibility index (Phi) is 6.16. The lowest BCUT2D eigenvalue weighted by Crippen LogP contribution is -2.33. The van der Waals surface area contributed by atoms with Gasteiger partial charge in [0.1, 0.15) is 11.5 Å². The fourth-order valence-electron chi connectivity index (χ4n) is 2.67. The van der Waals surface area contributed by atoms with Crippen molar-refractivity contribution in [1.29, 1.82) is 0 Å². The van der Waals surface area contributed by atoms with Crippen molar-refractivity contribution in [3.8, 4) is 11.5 Å². The largest absolute Gasteiger partial charge is 0.573 e. The molecule has 1 aromatic rings. The van der Waals surface area contributed by atoms with E-state index in [1.807, 2.05) is 0 Å². The van der Waals surface area contributed by atoms with Crippen LogP contribution in [0.4, 0.5) is 13.2 Å². The number of piperidine rings is 1. The molecule has 0 unspecified atom stereocenters. The fraction of sp³-hybridized carbons (Fsp3) is 0.571. The number of alkyl halides is 3. The van der Waals surface area contributed by atoms with Crippen LogP contribution in [-0.4, -0.2) is 26.6 Å². The molecule has 0 radical (unpaired) electrons. The monoisotopic (exact) mass is 325 g/mol. The minimum Gasteiger partial charge on any atom is -0.496 e. The number of hydrogen-bond donors (Lipinski definition) is 1. The van der Waals surface area contributed by atoms with Crippen LogP contribution < -0.4 is 14.8 Å². The van der Waals surface area contributed by atoms with E-state index in [4.69, 9.17) is 4.74 Å². The zero-order valence-corrected chi connectivity index (χ0v) is 12.7. The van der Waals surface area contributed by atoms with Gasteiger partial charge in [-0.05, 0) is 43.0 Å². The summed E-state index contributed by atoms with van der Waals surface area (Å²) in [7, 11) is 1.46. The van der Waals surface area contributed by atoms with E-state index in [-0.39, 0.29) is 24.1 Å². The van der Waals surface area contributed by atoms with Crippen LogP contribution in [0.15, 0.2) is 18.2 Å². The first kappa shape index (κ1) is 17.9. The highest BCUT2D eigenvalue weighted by molar-refractivity contribution is 5.85. The summed E-state index contributed by atoms with van der Waals surface area (Å²) in [5, 5.41) is 3.30. The van der Waals surface area contributed by atoms with Gasteiger partial charge in [0, 0.05) is 6.07 Å². The molecule has 3 nitrogen and oxygen atoms in total. The average molecular weight is 326 g/mol. The second kappa shape index (κ2) is 7.22. The number of hydrogen-bond acceptors (Lipinski definition) is 3. The maximum absolute atomic E-state index is 12.2. The molecular formula is C14H19ClF3NO2. The van der Waals surface area contributed by atoms with Gasteiger partial charge >= 0.3 is 6.36 Å². The standard InChI is InChI=1S/C14H18F3NO2.ClH/c1-9-8-18-6-5-11(9)12-4-3-10(7-13(12)19-2)20-14(15,16)17;/h3-4,7,9,11,18H,5-6,8H2,1-2H3;1H/t9-,11+;/m1./s1. The minimum atomic E-state index is -4.69. The van der Waals surface area contributed by atoms with E-state index in [2.05, 4.69) is 17.0 Å². The van der Waals surface area contributed by atoms with Gasteiger partial charge in [0.05, 0.1) is 7.11 Å². The van der Waals surface area contributed by atoms with Crippen molar-refractivity contribution < 1.29 is 22.6 Å². The third-order valence-electron chi connectivity index (χ3n) is 3.62. The second-order valence-electron chi connectivity index (χ2n) is 5.03. The van der Waals surface area contributed by atoms with Crippen LogP contribution in [0.2, 0.25) is 0 Å². The van der Waals surface area contributed by atoms with E-state index < -0.39 is 6.36 Å². The molecule has 0 spiro atoms. The second-order valence-corrected chi connectivity index (χ2v) is 5.03. The maximum Gasteiger partial charge on any atom is 0.573 e. The maximum atomic E-state index is 12.2. The lowest BCUT2D eigenvalue weighted by molar-refractivity contribution is -0.274. The Morgan fingerprint density at radius 3 is 2.57 bits per heavy atom. The quantitative estimate of drug-likeness (QED) is 0.918. The molecule has 2 rings (SSSR count). The van der Waals surface area contributed by atoms with E-state index in [1.165, 1.54) is 19.2 Å². The van der Waals surface area contributed by atoms with Crippen molar-refractivity contribution in [2.75, 3.05) is 20.2 Å². The predicted molar refractivity (Wildman–Crippen MR) is 76.3 cm³/mol. The Bertz CT molecular complexity index is 468. The Morgan fingerprint density at radius 1 is 1.29 bits per heavy atom. The number of benzene rings is 1. The van der Waals surface area contributed by atoms with E-state index in [9.17, 15) is 13.2 Å². The summed E-state index contributed by atoms with van der Waals surface area (Å²) in [6.45, 7) is 3.92. The lowest BCUT2D eigenvalue weighted by atomic mass is 9.82. The number of ether oxygens (including phenoxy) is 2. The highest BCUT2D eigenvalue weighted by Gasteiger charge is 2.32. The number of rotatable bonds is 3. The molecule has 21 heavy (non-hydrogen) atoms. The van der Waals surface area contributed by atoms with Crippen molar-refractivity contribution in [3.63, 3.8) is 0 Å². The molecule has 0 amide bonds. The predicted octanol–water partition coefficient (Wildman–Crippen LogP) is 3.73. The van der Waals surface area contributed by atoms with Gasteiger partial charge in [-0.25, -0.2) is 0 Å². The molecule has 0 aliphatic carbocycles. The summed E-state index contributed by atoms with van der Waals surface area (Å²) in [6, 6.07) is 4.32. The molecule has 0 bridgehead atoms. The highest BCUT2D eigenvalue weighted by atomic mass is 35.5. The molecule has 2 atom stereocenters. The first-order valence-corrected chi connectivity index (χ1v) is 6.55. The van der Waals surface area contributed by atoms with Gasteiger partial charge < -0.3 is 14.8 Å². The first-order valence-electron chi connectivity index (χ1n) is 6.55. The molecule has 1 fully saturated rings. The minimum absolute atomic E-state index is 0. The van der Waals surface area contributed by atoms with Crippen LogP contribution in [-0.2, 0) is 0 Å². The van der Waals surface area contributed by atoms with Gasteiger partial charge in [-0.3, -0.25) is 0 Å². The van der Waals surface area contributed by atoms with Crippen molar-refractivity contribution in [1.82, 2.24) is 5.32 Å². The summed E-state index contributed by atoms with van der Waals surface area (Å²) < 4.78 is 45.8. The van der Waals surface area contributed by atoms with Crippen molar-refractivity contribution in [2.24, 2.45) is 5.92 Å².